The minimum atomic E-state index is -2.96. The first-order chi connectivity index (χ1) is 10.6. The smallest absolute Gasteiger partial charge is 0.151 e. The van der Waals surface area contributed by atoms with Crippen molar-refractivity contribution in [2.75, 3.05) is 12.8 Å². The first-order valence-corrected chi connectivity index (χ1v) is 9.98. The van der Waals surface area contributed by atoms with Gasteiger partial charge < -0.3 is 10.3 Å². The summed E-state index contributed by atoms with van der Waals surface area (Å²) >= 11 is 0. The van der Waals surface area contributed by atoms with Gasteiger partial charge in [-0.1, -0.05) is 31.0 Å². The number of H-pyrrole nitrogens is 1. The fourth-order valence-corrected chi connectivity index (χ4v) is 5.00. The van der Waals surface area contributed by atoms with Crippen LogP contribution in [0.1, 0.15) is 31.2 Å². The molecule has 1 aliphatic carbocycles. The number of aromatic amines is 1. The zero-order valence-electron chi connectivity index (χ0n) is 13.0. The zero-order chi connectivity index (χ0) is 15.6. The van der Waals surface area contributed by atoms with E-state index in [1.807, 2.05) is 12.1 Å². The molecule has 0 radical (unpaired) electrons. The van der Waals surface area contributed by atoms with Gasteiger partial charge in [-0.05, 0) is 37.4 Å². The van der Waals surface area contributed by atoms with Crippen molar-refractivity contribution in [2.45, 2.75) is 43.4 Å². The SMILES string of the molecule is CS(=O)(=O)C1CCCCC1NCCc1c[nH]c2ccccc12. The van der Waals surface area contributed by atoms with E-state index in [0.29, 0.717) is 0 Å². The van der Waals surface area contributed by atoms with Crippen molar-refractivity contribution in [3.8, 4) is 0 Å². The second-order valence-electron chi connectivity index (χ2n) is 6.32. The molecule has 0 aliphatic heterocycles. The van der Waals surface area contributed by atoms with Crippen LogP contribution in [0.5, 0.6) is 0 Å². The molecule has 1 saturated carbocycles. The number of para-hydroxylation sites is 1. The van der Waals surface area contributed by atoms with Gasteiger partial charge in [0, 0.05) is 29.4 Å². The van der Waals surface area contributed by atoms with Crippen LogP contribution in [-0.4, -0.2) is 37.5 Å². The Morgan fingerprint density at radius 2 is 2.00 bits per heavy atom. The number of benzene rings is 1. The molecule has 1 aliphatic rings. The van der Waals surface area contributed by atoms with Crippen molar-refractivity contribution in [3.05, 3.63) is 36.0 Å². The minimum Gasteiger partial charge on any atom is -0.361 e. The highest BCUT2D eigenvalue weighted by Gasteiger charge is 2.32. The second kappa shape index (κ2) is 6.42. The molecule has 1 heterocycles. The molecule has 4 nitrogen and oxygen atoms in total. The molecule has 0 bridgehead atoms. The summed E-state index contributed by atoms with van der Waals surface area (Å²) in [5.41, 5.74) is 2.44. The normalized spacial score (nSPS) is 23.0. The summed E-state index contributed by atoms with van der Waals surface area (Å²) in [5, 5.41) is 4.53. The Bertz CT molecular complexity index is 736. The van der Waals surface area contributed by atoms with Gasteiger partial charge in [-0.2, -0.15) is 0 Å². The number of hydrogen-bond donors (Lipinski definition) is 2. The van der Waals surface area contributed by atoms with Crippen molar-refractivity contribution < 1.29 is 8.42 Å². The van der Waals surface area contributed by atoms with Gasteiger partial charge in [0.25, 0.3) is 0 Å². The summed E-state index contributed by atoms with van der Waals surface area (Å²) in [4.78, 5) is 3.29. The lowest BCUT2D eigenvalue weighted by atomic mass is 9.94. The molecule has 2 N–H and O–H groups in total. The van der Waals surface area contributed by atoms with Gasteiger partial charge in [0.15, 0.2) is 9.84 Å². The third-order valence-electron chi connectivity index (χ3n) is 4.73. The maximum absolute atomic E-state index is 11.9. The average molecular weight is 320 g/mol. The predicted molar refractivity (Wildman–Crippen MR) is 90.9 cm³/mol. The van der Waals surface area contributed by atoms with Crippen molar-refractivity contribution in [2.24, 2.45) is 0 Å². The van der Waals surface area contributed by atoms with Crippen LogP contribution in [-0.2, 0) is 16.3 Å². The molecule has 0 saturated heterocycles. The lowest BCUT2D eigenvalue weighted by Gasteiger charge is -2.31. The Balaban J connectivity index is 1.62. The van der Waals surface area contributed by atoms with Crippen LogP contribution in [0.3, 0.4) is 0 Å². The first-order valence-electron chi connectivity index (χ1n) is 8.03. The molecule has 120 valence electrons. The fourth-order valence-electron chi connectivity index (χ4n) is 3.57. The van der Waals surface area contributed by atoms with E-state index in [1.54, 1.807) is 0 Å². The van der Waals surface area contributed by atoms with Crippen LogP contribution in [0.4, 0.5) is 0 Å². The van der Waals surface area contributed by atoms with Crippen molar-refractivity contribution >= 4 is 20.7 Å². The maximum atomic E-state index is 11.9. The van der Waals surface area contributed by atoms with E-state index in [1.165, 1.54) is 17.2 Å². The predicted octanol–water partition coefficient (Wildman–Crippen LogP) is 2.66. The first kappa shape index (κ1) is 15.6. The van der Waals surface area contributed by atoms with Gasteiger partial charge in [0.2, 0.25) is 0 Å². The van der Waals surface area contributed by atoms with Gasteiger partial charge in [-0.15, -0.1) is 0 Å². The second-order valence-corrected chi connectivity index (χ2v) is 8.59. The molecule has 2 unspecified atom stereocenters. The number of hydrogen-bond acceptors (Lipinski definition) is 3. The van der Waals surface area contributed by atoms with Crippen molar-refractivity contribution in [1.29, 1.82) is 0 Å². The lowest BCUT2D eigenvalue weighted by Crippen LogP contribution is -2.46. The van der Waals surface area contributed by atoms with E-state index in [0.717, 1.165) is 44.2 Å². The third-order valence-corrected chi connectivity index (χ3v) is 6.39. The molecule has 3 rings (SSSR count). The monoisotopic (exact) mass is 320 g/mol. The standard InChI is InChI=1S/C17H24N2O2S/c1-22(20,21)17-9-5-4-8-16(17)18-11-10-13-12-19-15-7-3-2-6-14(13)15/h2-3,6-7,12,16-19H,4-5,8-11H2,1H3. The largest absolute Gasteiger partial charge is 0.361 e. The molecule has 1 fully saturated rings. The molecular weight excluding hydrogens is 296 g/mol. The van der Waals surface area contributed by atoms with Crippen LogP contribution in [0.2, 0.25) is 0 Å². The summed E-state index contributed by atoms with van der Waals surface area (Å²) in [6.07, 6.45) is 8.25. The molecular formula is C17H24N2O2S. The summed E-state index contributed by atoms with van der Waals surface area (Å²) in [5.74, 6) is 0. The Kier molecular flexibility index (Phi) is 4.54. The Morgan fingerprint density at radius 3 is 2.82 bits per heavy atom. The molecule has 2 aromatic rings. The lowest BCUT2D eigenvalue weighted by molar-refractivity contribution is 0.374. The number of sulfone groups is 1. The minimum absolute atomic E-state index is 0.106. The number of fused-ring (bicyclic) bond motifs is 1. The van der Waals surface area contributed by atoms with E-state index in [9.17, 15) is 8.42 Å². The van der Waals surface area contributed by atoms with Crippen LogP contribution < -0.4 is 5.32 Å². The van der Waals surface area contributed by atoms with Gasteiger partial charge in [0.1, 0.15) is 0 Å². The van der Waals surface area contributed by atoms with Crippen LogP contribution in [0, 0.1) is 0 Å². The molecule has 5 heteroatoms. The summed E-state index contributed by atoms with van der Waals surface area (Å²) in [7, 11) is -2.96. The van der Waals surface area contributed by atoms with Gasteiger partial charge >= 0.3 is 0 Å². The zero-order valence-corrected chi connectivity index (χ0v) is 13.8. The third kappa shape index (κ3) is 3.36. The molecule has 0 spiro atoms. The molecule has 22 heavy (non-hydrogen) atoms. The van der Waals surface area contributed by atoms with Crippen LogP contribution in [0.25, 0.3) is 10.9 Å². The van der Waals surface area contributed by atoms with E-state index in [-0.39, 0.29) is 11.3 Å². The van der Waals surface area contributed by atoms with Crippen molar-refractivity contribution in [1.82, 2.24) is 10.3 Å². The quantitative estimate of drug-likeness (QED) is 0.890. The van der Waals surface area contributed by atoms with E-state index < -0.39 is 9.84 Å². The van der Waals surface area contributed by atoms with E-state index in [4.69, 9.17) is 0 Å². The van der Waals surface area contributed by atoms with Gasteiger partial charge in [-0.25, -0.2) is 8.42 Å². The number of nitrogens with one attached hydrogen (secondary N) is 2. The van der Waals surface area contributed by atoms with Gasteiger partial charge in [0.05, 0.1) is 5.25 Å². The molecule has 2 atom stereocenters. The summed E-state index contributed by atoms with van der Waals surface area (Å²) in [6, 6.07) is 8.38. The van der Waals surface area contributed by atoms with Crippen LogP contribution >= 0.6 is 0 Å². The molecule has 1 aromatic carbocycles. The maximum Gasteiger partial charge on any atom is 0.151 e. The van der Waals surface area contributed by atoms with Crippen LogP contribution in [0.15, 0.2) is 30.5 Å². The Labute approximate surface area is 132 Å². The van der Waals surface area contributed by atoms with E-state index >= 15 is 0 Å². The average Bonchev–Trinajstić information content (AvgIpc) is 2.90. The van der Waals surface area contributed by atoms with E-state index in [2.05, 4.69) is 28.6 Å². The molecule has 0 amide bonds. The topological polar surface area (TPSA) is 62.0 Å². The highest BCUT2D eigenvalue weighted by atomic mass is 32.2. The molecule has 1 aromatic heterocycles. The number of rotatable bonds is 5. The highest BCUT2D eigenvalue weighted by molar-refractivity contribution is 7.91. The fraction of sp³-hybridized carbons (Fsp3) is 0.529. The Hall–Kier alpha value is -1.33. The Morgan fingerprint density at radius 1 is 1.23 bits per heavy atom. The summed E-state index contributed by atoms with van der Waals surface area (Å²) < 4.78 is 23.8. The summed E-state index contributed by atoms with van der Waals surface area (Å²) in [6.45, 7) is 0.818. The number of aromatic nitrogens is 1. The van der Waals surface area contributed by atoms with Gasteiger partial charge in [-0.3, -0.25) is 0 Å². The highest BCUT2D eigenvalue weighted by Crippen LogP contribution is 2.24. The van der Waals surface area contributed by atoms with Crippen molar-refractivity contribution in [3.63, 3.8) is 0 Å².